The van der Waals surface area contributed by atoms with Crippen molar-refractivity contribution in [3.05, 3.63) is 140 Å². The van der Waals surface area contributed by atoms with Crippen molar-refractivity contribution in [3.8, 4) is 28.3 Å². The van der Waals surface area contributed by atoms with Crippen LogP contribution in [0.1, 0.15) is 0 Å². The van der Waals surface area contributed by atoms with Crippen molar-refractivity contribution in [2.45, 2.75) is 0 Å². The summed E-state index contributed by atoms with van der Waals surface area (Å²) in [6.07, 6.45) is 0. The lowest BCUT2D eigenvalue weighted by Gasteiger charge is -2.11. The monoisotopic (exact) mass is 549 g/mol. The number of nitrogens with zero attached hydrogens (tertiary/aromatic N) is 5. The van der Waals surface area contributed by atoms with E-state index in [1.54, 1.807) is 4.80 Å². The van der Waals surface area contributed by atoms with Crippen molar-refractivity contribution in [2.75, 3.05) is 0 Å². The molecule has 0 amide bonds. The Bertz CT molecular complexity index is 2510. The Hall–Kier alpha value is -5.94. The van der Waals surface area contributed by atoms with Crippen LogP contribution in [0.25, 0.3) is 82.6 Å². The van der Waals surface area contributed by atoms with Crippen LogP contribution in [0.3, 0.4) is 0 Å². The second-order valence-corrected chi connectivity index (χ2v) is 10.8. The Morgan fingerprint density at radius 3 is 2.09 bits per heavy atom. The highest BCUT2D eigenvalue weighted by Gasteiger charge is 2.15. The molecule has 0 radical (unpaired) electrons. The van der Waals surface area contributed by atoms with Crippen molar-refractivity contribution in [1.82, 2.24) is 25.0 Å². The van der Waals surface area contributed by atoms with E-state index < -0.39 is 0 Å². The predicted octanol–water partition coefficient (Wildman–Crippen LogP) is 9.16. The van der Waals surface area contributed by atoms with Gasteiger partial charge in [0.25, 0.3) is 0 Å². The van der Waals surface area contributed by atoms with Gasteiger partial charge in [-0.05, 0) is 63.3 Å². The van der Waals surface area contributed by atoms with Gasteiger partial charge in [0, 0.05) is 21.9 Å². The van der Waals surface area contributed by atoms with Gasteiger partial charge in [0.2, 0.25) is 0 Å². The molecule has 0 aliphatic heterocycles. The minimum absolute atomic E-state index is 0.695. The van der Waals surface area contributed by atoms with E-state index in [-0.39, 0.29) is 0 Å². The molecule has 2 aromatic heterocycles. The summed E-state index contributed by atoms with van der Waals surface area (Å²) in [5.74, 6) is 0.695. The minimum Gasteiger partial charge on any atom is -0.228 e. The maximum atomic E-state index is 5.20. The smallest absolute Gasteiger partial charge is 0.160 e. The lowest BCUT2D eigenvalue weighted by Crippen LogP contribution is -1.97. The fraction of sp³-hybridized carbons (Fsp3) is 0. The molecule has 5 nitrogen and oxygen atoms in total. The molecule has 0 aliphatic carbocycles. The maximum Gasteiger partial charge on any atom is 0.160 e. The molecule has 0 atom stereocenters. The van der Waals surface area contributed by atoms with Crippen LogP contribution in [0.4, 0.5) is 0 Å². The number of fused-ring (bicyclic) bond motifs is 7. The first-order valence-electron chi connectivity index (χ1n) is 14.3. The Balaban J connectivity index is 1.27. The summed E-state index contributed by atoms with van der Waals surface area (Å²) in [5, 5.41) is 17.6. The fourth-order valence-corrected chi connectivity index (χ4v) is 6.09. The van der Waals surface area contributed by atoms with E-state index >= 15 is 0 Å². The highest BCUT2D eigenvalue weighted by Crippen LogP contribution is 2.35. The van der Waals surface area contributed by atoms with Crippen molar-refractivity contribution in [1.29, 1.82) is 0 Å². The normalized spacial score (nSPS) is 11.7. The SMILES string of the molecule is c1ccc(-n2nc3ccc4ccc5ccc(-c6nc(-c7ccc8ccccc8c7)c7ccccc7n6)cc5c4c3n2)cc1. The van der Waals surface area contributed by atoms with Crippen LogP contribution in [-0.4, -0.2) is 25.0 Å². The summed E-state index contributed by atoms with van der Waals surface area (Å²) in [5.41, 5.74) is 6.54. The summed E-state index contributed by atoms with van der Waals surface area (Å²) in [4.78, 5) is 12.0. The van der Waals surface area contributed by atoms with E-state index in [1.165, 1.54) is 10.8 Å². The zero-order valence-corrected chi connectivity index (χ0v) is 23.0. The van der Waals surface area contributed by atoms with Gasteiger partial charge in [0.05, 0.1) is 16.9 Å². The van der Waals surface area contributed by atoms with E-state index in [0.717, 1.165) is 66.0 Å². The summed E-state index contributed by atoms with van der Waals surface area (Å²) in [6.45, 7) is 0. The number of para-hydroxylation sites is 2. The molecule has 9 rings (SSSR count). The van der Waals surface area contributed by atoms with Gasteiger partial charge in [-0.1, -0.05) is 103 Å². The van der Waals surface area contributed by atoms with E-state index in [4.69, 9.17) is 20.2 Å². The van der Waals surface area contributed by atoms with Crippen LogP contribution in [0.2, 0.25) is 0 Å². The molecule has 0 saturated heterocycles. The molecule has 0 unspecified atom stereocenters. The molecular weight excluding hydrogens is 526 g/mol. The Morgan fingerprint density at radius 2 is 1.16 bits per heavy atom. The van der Waals surface area contributed by atoms with Gasteiger partial charge in [-0.3, -0.25) is 0 Å². The van der Waals surface area contributed by atoms with Crippen molar-refractivity contribution >= 4 is 54.3 Å². The lowest BCUT2D eigenvalue weighted by molar-refractivity contribution is 0.766. The second kappa shape index (κ2) is 9.29. The van der Waals surface area contributed by atoms with Gasteiger partial charge >= 0.3 is 0 Å². The van der Waals surface area contributed by atoms with Crippen LogP contribution >= 0.6 is 0 Å². The van der Waals surface area contributed by atoms with Gasteiger partial charge in [-0.25, -0.2) is 9.97 Å². The predicted molar refractivity (Wildman–Crippen MR) is 175 cm³/mol. The van der Waals surface area contributed by atoms with Gasteiger partial charge in [-0.15, -0.1) is 10.2 Å². The van der Waals surface area contributed by atoms with Crippen molar-refractivity contribution < 1.29 is 0 Å². The Labute approximate surface area is 246 Å². The van der Waals surface area contributed by atoms with E-state index in [0.29, 0.717) is 5.82 Å². The summed E-state index contributed by atoms with van der Waals surface area (Å²) in [7, 11) is 0. The topological polar surface area (TPSA) is 56.5 Å². The molecule has 0 spiro atoms. The third-order valence-electron chi connectivity index (χ3n) is 8.22. The number of aromatic nitrogens is 5. The molecule has 0 saturated carbocycles. The third-order valence-corrected chi connectivity index (χ3v) is 8.22. The summed E-state index contributed by atoms with van der Waals surface area (Å²) in [6, 6.07) is 48.2. The van der Waals surface area contributed by atoms with Gasteiger partial charge < -0.3 is 0 Å². The van der Waals surface area contributed by atoms with Crippen LogP contribution in [0.15, 0.2) is 140 Å². The average Bonchev–Trinajstić information content (AvgIpc) is 3.52. The molecule has 0 aliphatic rings. The molecule has 0 fully saturated rings. The van der Waals surface area contributed by atoms with Crippen LogP contribution in [-0.2, 0) is 0 Å². The summed E-state index contributed by atoms with van der Waals surface area (Å²) >= 11 is 0. The number of benzene rings is 7. The summed E-state index contributed by atoms with van der Waals surface area (Å²) < 4.78 is 0. The minimum atomic E-state index is 0.695. The highest BCUT2D eigenvalue weighted by atomic mass is 15.5. The quantitative estimate of drug-likeness (QED) is 0.206. The van der Waals surface area contributed by atoms with Gasteiger partial charge in [0.1, 0.15) is 11.0 Å². The third kappa shape index (κ3) is 3.86. The molecule has 200 valence electrons. The van der Waals surface area contributed by atoms with Gasteiger partial charge in [-0.2, -0.15) is 4.80 Å². The van der Waals surface area contributed by atoms with Crippen molar-refractivity contribution in [3.63, 3.8) is 0 Å². The van der Waals surface area contributed by atoms with Crippen LogP contribution in [0, 0.1) is 0 Å². The standard InChI is InChI=1S/C38H23N5/c1-2-10-30(11-3-1)43-41-34-21-20-26-17-15-25-16-19-29(23-32(25)35(26)37(34)42-43)38-39-33-13-7-6-12-31(33)36(40-38)28-18-14-24-8-4-5-9-27(24)22-28/h1-23H. The van der Waals surface area contributed by atoms with Crippen molar-refractivity contribution in [2.24, 2.45) is 0 Å². The molecule has 0 N–H and O–H groups in total. The van der Waals surface area contributed by atoms with E-state index in [1.807, 2.05) is 48.5 Å². The molecule has 2 heterocycles. The maximum absolute atomic E-state index is 5.20. The molecule has 0 bridgehead atoms. The van der Waals surface area contributed by atoms with E-state index in [2.05, 4.69) is 91.0 Å². The number of hydrogen-bond acceptors (Lipinski definition) is 4. The molecule has 9 aromatic rings. The lowest BCUT2D eigenvalue weighted by atomic mass is 9.98. The first-order valence-corrected chi connectivity index (χ1v) is 14.3. The molecule has 43 heavy (non-hydrogen) atoms. The highest BCUT2D eigenvalue weighted by molar-refractivity contribution is 6.18. The zero-order chi connectivity index (χ0) is 28.3. The first kappa shape index (κ1) is 23.7. The molecular formula is C38H23N5. The van der Waals surface area contributed by atoms with E-state index in [9.17, 15) is 0 Å². The molecule has 7 aromatic carbocycles. The first-order chi connectivity index (χ1) is 21.3. The van der Waals surface area contributed by atoms with Crippen LogP contribution < -0.4 is 0 Å². The Kier molecular flexibility index (Phi) is 5.13. The average molecular weight is 550 g/mol. The number of rotatable bonds is 3. The van der Waals surface area contributed by atoms with Gasteiger partial charge in [0.15, 0.2) is 5.82 Å². The molecule has 5 heteroatoms. The largest absolute Gasteiger partial charge is 0.228 e. The second-order valence-electron chi connectivity index (χ2n) is 10.8. The fourth-order valence-electron chi connectivity index (χ4n) is 6.09. The van der Waals surface area contributed by atoms with Crippen LogP contribution in [0.5, 0.6) is 0 Å². The zero-order valence-electron chi connectivity index (χ0n) is 23.0. The Morgan fingerprint density at radius 1 is 0.442 bits per heavy atom. The number of hydrogen-bond donors (Lipinski definition) is 0.